The molecule has 0 amide bonds. The van der Waals surface area contributed by atoms with Gasteiger partial charge >= 0.3 is 0 Å². The third-order valence-corrected chi connectivity index (χ3v) is 4.15. The molecule has 5 nitrogen and oxygen atoms in total. The fraction of sp³-hybridized carbons (Fsp3) is 0.611. The van der Waals surface area contributed by atoms with Crippen LogP contribution in [0.1, 0.15) is 38.4 Å². The van der Waals surface area contributed by atoms with Crippen molar-refractivity contribution in [3.63, 3.8) is 0 Å². The number of nitrogens with one attached hydrogen (secondary N) is 1. The molecule has 1 aliphatic heterocycles. The number of rotatable bonds is 6. The van der Waals surface area contributed by atoms with Gasteiger partial charge in [0.2, 0.25) is 0 Å². The van der Waals surface area contributed by atoms with Gasteiger partial charge < -0.3 is 20.1 Å². The number of ether oxygens (including phenoxy) is 1. The number of guanidine groups is 1. The smallest absolute Gasteiger partial charge is 0.194 e. The molecule has 1 fully saturated rings. The van der Waals surface area contributed by atoms with Gasteiger partial charge in [-0.05, 0) is 44.4 Å². The lowest BCUT2D eigenvalue weighted by Crippen LogP contribution is -2.47. The Morgan fingerprint density at radius 3 is 2.52 bits per heavy atom. The minimum Gasteiger partial charge on any atom is -0.386 e. The number of aliphatic imine (C=N–C) groups is 1. The van der Waals surface area contributed by atoms with Crippen LogP contribution in [0.15, 0.2) is 29.3 Å². The lowest BCUT2D eigenvalue weighted by atomic mass is 10.1. The fourth-order valence-corrected chi connectivity index (χ4v) is 2.86. The van der Waals surface area contributed by atoms with Gasteiger partial charge in [0.25, 0.3) is 0 Å². The molecule has 1 unspecified atom stereocenters. The Hall–Kier alpha value is -0.930. The largest absolute Gasteiger partial charge is 0.386 e. The summed E-state index contributed by atoms with van der Waals surface area (Å²) in [6, 6.07) is 5.89. The molecule has 0 aliphatic carbocycles. The Balaban J connectivity index is 0.00000312. The average Bonchev–Trinajstić information content (AvgIpc) is 2.60. The van der Waals surface area contributed by atoms with Crippen LogP contribution < -0.4 is 5.32 Å². The zero-order valence-corrected chi connectivity index (χ0v) is 17.3. The molecule has 25 heavy (non-hydrogen) atoms. The molecule has 1 aromatic rings. The molecular formula is C18H29FIN3O2. The van der Waals surface area contributed by atoms with Crippen molar-refractivity contribution in [3.8, 4) is 0 Å². The number of piperidine rings is 1. The SMILES string of the molecule is CCNC(=NCC(O)c1ccc(F)cc1)N1CCC(OCC)CC1.I. The van der Waals surface area contributed by atoms with Gasteiger partial charge in [0, 0.05) is 26.2 Å². The summed E-state index contributed by atoms with van der Waals surface area (Å²) in [5, 5.41) is 13.5. The van der Waals surface area contributed by atoms with Crippen molar-refractivity contribution in [2.75, 3.05) is 32.8 Å². The Morgan fingerprint density at radius 2 is 1.96 bits per heavy atom. The van der Waals surface area contributed by atoms with Crippen LogP contribution in [0.4, 0.5) is 4.39 Å². The van der Waals surface area contributed by atoms with Gasteiger partial charge in [0.05, 0.1) is 18.8 Å². The molecule has 1 heterocycles. The molecule has 1 atom stereocenters. The van der Waals surface area contributed by atoms with E-state index in [2.05, 4.69) is 15.2 Å². The molecular weight excluding hydrogens is 436 g/mol. The van der Waals surface area contributed by atoms with Crippen molar-refractivity contribution in [1.29, 1.82) is 0 Å². The van der Waals surface area contributed by atoms with Crippen molar-refractivity contribution >= 4 is 29.9 Å². The summed E-state index contributed by atoms with van der Waals surface area (Å²) in [6.45, 7) is 7.61. The highest BCUT2D eigenvalue weighted by Gasteiger charge is 2.21. The van der Waals surface area contributed by atoms with E-state index in [1.165, 1.54) is 12.1 Å². The third kappa shape index (κ3) is 7.07. The van der Waals surface area contributed by atoms with Gasteiger partial charge in [-0.25, -0.2) is 4.39 Å². The maximum absolute atomic E-state index is 13.0. The first-order valence-electron chi connectivity index (χ1n) is 8.72. The molecule has 142 valence electrons. The number of nitrogens with zero attached hydrogens (tertiary/aromatic N) is 2. The lowest BCUT2D eigenvalue weighted by molar-refractivity contribution is 0.0263. The molecule has 1 aliphatic rings. The van der Waals surface area contributed by atoms with Crippen LogP contribution >= 0.6 is 24.0 Å². The van der Waals surface area contributed by atoms with Crippen molar-refractivity contribution in [2.24, 2.45) is 4.99 Å². The molecule has 1 aromatic carbocycles. The Labute approximate surface area is 166 Å². The van der Waals surface area contributed by atoms with Gasteiger partial charge in [0.15, 0.2) is 5.96 Å². The Kier molecular flexibility index (Phi) is 10.3. The van der Waals surface area contributed by atoms with Crippen molar-refractivity contribution in [2.45, 2.75) is 38.9 Å². The quantitative estimate of drug-likeness (QED) is 0.386. The van der Waals surface area contributed by atoms with Crippen molar-refractivity contribution < 1.29 is 14.2 Å². The van der Waals surface area contributed by atoms with Gasteiger partial charge in [-0.3, -0.25) is 4.99 Å². The van der Waals surface area contributed by atoms with Crippen LogP contribution in [-0.4, -0.2) is 54.9 Å². The summed E-state index contributed by atoms with van der Waals surface area (Å²) >= 11 is 0. The summed E-state index contributed by atoms with van der Waals surface area (Å²) in [4.78, 5) is 6.76. The summed E-state index contributed by atoms with van der Waals surface area (Å²) in [7, 11) is 0. The number of likely N-dealkylation sites (tertiary alicyclic amines) is 1. The second-order valence-corrected chi connectivity index (χ2v) is 5.90. The number of aliphatic hydroxyl groups excluding tert-OH is 1. The number of halogens is 2. The van der Waals surface area contributed by atoms with E-state index in [9.17, 15) is 9.50 Å². The normalized spacial score (nSPS) is 17.1. The van der Waals surface area contributed by atoms with E-state index in [-0.39, 0.29) is 36.3 Å². The highest BCUT2D eigenvalue weighted by molar-refractivity contribution is 14.0. The van der Waals surface area contributed by atoms with Crippen LogP contribution in [0.5, 0.6) is 0 Å². The van der Waals surface area contributed by atoms with Gasteiger partial charge in [-0.1, -0.05) is 12.1 Å². The monoisotopic (exact) mass is 465 g/mol. The molecule has 0 saturated carbocycles. The second-order valence-electron chi connectivity index (χ2n) is 5.90. The van der Waals surface area contributed by atoms with E-state index < -0.39 is 6.10 Å². The summed E-state index contributed by atoms with van der Waals surface area (Å²) in [5.74, 6) is 0.508. The Bertz CT molecular complexity index is 520. The van der Waals surface area contributed by atoms with Crippen molar-refractivity contribution in [1.82, 2.24) is 10.2 Å². The van der Waals surface area contributed by atoms with Gasteiger partial charge in [0.1, 0.15) is 5.82 Å². The van der Waals surface area contributed by atoms with Crippen LogP contribution in [0.2, 0.25) is 0 Å². The first-order valence-corrected chi connectivity index (χ1v) is 8.72. The second kappa shape index (κ2) is 11.6. The van der Waals surface area contributed by atoms with E-state index in [1.807, 2.05) is 13.8 Å². The number of hydrogen-bond acceptors (Lipinski definition) is 3. The van der Waals surface area contributed by atoms with E-state index in [1.54, 1.807) is 12.1 Å². The zero-order chi connectivity index (χ0) is 17.4. The average molecular weight is 465 g/mol. The molecule has 2 rings (SSSR count). The standard InChI is InChI=1S/C18H28FN3O2.HI/c1-3-20-18(22-11-9-16(10-12-22)24-4-2)21-13-17(23)14-5-7-15(19)8-6-14;/h5-8,16-17,23H,3-4,9-13H2,1-2H3,(H,20,21);1H. The first-order chi connectivity index (χ1) is 11.6. The van der Waals surface area contributed by atoms with Gasteiger partial charge in [-0.2, -0.15) is 0 Å². The number of hydrogen-bond donors (Lipinski definition) is 2. The third-order valence-electron chi connectivity index (χ3n) is 4.15. The van der Waals surface area contributed by atoms with Crippen LogP contribution in [0.25, 0.3) is 0 Å². The first kappa shape index (κ1) is 22.1. The molecule has 0 radical (unpaired) electrons. The van der Waals surface area contributed by atoms with E-state index in [4.69, 9.17) is 4.74 Å². The minimum atomic E-state index is -0.736. The summed E-state index contributed by atoms with van der Waals surface area (Å²) in [5.41, 5.74) is 0.672. The molecule has 1 saturated heterocycles. The van der Waals surface area contributed by atoms with Crippen molar-refractivity contribution in [3.05, 3.63) is 35.6 Å². The molecule has 0 spiro atoms. The maximum Gasteiger partial charge on any atom is 0.194 e. The topological polar surface area (TPSA) is 57.1 Å². The highest BCUT2D eigenvalue weighted by Crippen LogP contribution is 2.16. The minimum absolute atomic E-state index is 0. The number of benzene rings is 1. The lowest BCUT2D eigenvalue weighted by Gasteiger charge is -2.34. The fourth-order valence-electron chi connectivity index (χ4n) is 2.86. The van der Waals surface area contributed by atoms with E-state index >= 15 is 0 Å². The predicted octanol–water partition coefficient (Wildman–Crippen LogP) is 2.94. The molecule has 0 aromatic heterocycles. The van der Waals surface area contributed by atoms with Crippen LogP contribution in [0.3, 0.4) is 0 Å². The zero-order valence-electron chi connectivity index (χ0n) is 14.9. The molecule has 2 N–H and O–H groups in total. The van der Waals surface area contributed by atoms with Crippen LogP contribution in [0, 0.1) is 5.82 Å². The molecule has 7 heteroatoms. The predicted molar refractivity (Wildman–Crippen MR) is 109 cm³/mol. The Morgan fingerprint density at radius 1 is 1.32 bits per heavy atom. The highest BCUT2D eigenvalue weighted by atomic mass is 127. The maximum atomic E-state index is 13.0. The molecule has 0 bridgehead atoms. The van der Waals surface area contributed by atoms with Crippen LogP contribution in [-0.2, 0) is 4.74 Å². The summed E-state index contributed by atoms with van der Waals surface area (Å²) < 4.78 is 18.6. The van der Waals surface area contributed by atoms with E-state index in [0.29, 0.717) is 11.7 Å². The summed E-state index contributed by atoms with van der Waals surface area (Å²) in [6.07, 6.45) is 1.57. The van der Waals surface area contributed by atoms with E-state index in [0.717, 1.165) is 45.0 Å². The van der Waals surface area contributed by atoms with Gasteiger partial charge in [-0.15, -0.1) is 24.0 Å². The number of aliphatic hydroxyl groups is 1.